The highest BCUT2D eigenvalue weighted by atomic mass is 28.4. The summed E-state index contributed by atoms with van der Waals surface area (Å²) in [5.41, 5.74) is 0.314. The molecule has 0 unspecified atom stereocenters. The van der Waals surface area contributed by atoms with Gasteiger partial charge in [0.15, 0.2) is 13.9 Å². The van der Waals surface area contributed by atoms with E-state index < -0.39 is 13.9 Å². The maximum absolute atomic E-state index is 13.2. The molecule has 2 heterocycles. The molecule has 0 bridgehead atoms. The number of carbonyl (C=O) groups is 1. The van der Waals surface area contributed by atoms with Crippen LogP contribution in [-0.2, 0) is 20.5 Å². The van der Waals surface area contributed by atoms with Crippen molar-refractivity contribution in [1.29, 1.82) is 0 Å². The van der Waals surface area contributed by atoms with E-state index in [1.54, 1.807) is 4.90 Å². The van der Waals surface area contributed by atoms with Crippen molar-refractivity contribution in [3.63, 3.8) is 0 Å². The van der Waals surface area contributed by atoms with Gasteiger partial charge in [-0.1, -0.05) is 56.3 Å². The van der Waals surface area contributed by atoms with Crippen molar-refractivity contribution in [3.05, 3.63) is 35.9 Å². The molecule has 3 rings (SSSR count). The topological polar surface area (TPSA) is 71.4 Å². The highest BCUT2D eigenvalue weighted by Crippen LogP contribution is 2.40. The van der Waals surface area contributed by atoms with Crippen LogP contribution in [-0.4, -0.2) is 54.9 Å². The maximum Gasteiger partial charge on any atom is 0.261 e. The van der Waals surface area contributed by atoms with Gasteiger partial charge in [0, 0.05) is 6.54 Å². The van der Waals surface area contributed by atoms with Crippen LogP contribution in [0.2, 0.25) is 18.1 Å². The van der Waals surface area contributed by atoms with Gasteiger partial charge in [0.25, 0.3) is 5.91 Å². The summed E-state index contributed by atoms with van der Waals surface area (Å²) in [6, 6.07) is 9.82. The Morgan fingerprint density at radius 3 is 2.61 bits per heavy atom. The number of hydrogen-bond donors (Lipinski definition) is 1. The molecule has 7 heteroatoms. The zero-order chi connectivity index (χ0) is 20.6. The molecule has 154 valence electrons. The van der Waals surface area contributed by atoms with Crippen LogP contribution in [0.25, 0.3) is 0 Å². The fourth-order valence-corrected chi connectivity index (χ4v) is 4.61. The third kappa shape index (κ3) is 3.88. The van der Waals surface area contributed by atoms with Crippen LogP contribution in [0.15, 0.2) is 35.5 Å². The third-order valence-corrected chi connectivity index (χ3v) is 10.9. The largest absolute Gasteiger partial charge is 0.414 e. The number of carbonyl (C=O) groups excluding carboxylic acids is 1. The smallest absolute Gasteiger partial charge is 0.261 e. The first-order chi connectivity index (χ1) is 13.1. The van der Waals surface area contributed by atoms with Gasteiger partial charge < -0.3 is 19.3 Å². The molecule has 1 N–H and O–H groups in total. The number of benzene rings is 1. The van der Waals surface area contributed by atoms with Crippen molar-refractivity contribution in [2.75, 3.05) is 13.2 Å². The molecule has 0 saturated carbocycles. The van der Waals surface area contributed by atoms with Crippen molar-refractivity contribution < 1.29 is 19.2 Å². The van der Waals surface area contributed by atoms with E-state index in [-0.39, 0.29) is 17.0 Å². The van der Waals surface area contributed by atoms with Crippen LogP contribution >= 0.6 is 0 Å². The number of oxime groups is 1. The Balaban J connectivity index is 1.69. The maximum atomic E-state index is 13.2. The van der Waals surface area contributed by atoms with Crippen LogP contribution in [0.4, 0.5) is 0 Å². The summed E-state index contributed by atoms with van der Waals surface area (Å²) in [7, 11) is -1.89. The molecule has 2 aliphatic heterocycles. The number of nitrogens with zero attached hydrogens (tertiary/aromatic N) is 2. The highest BCUT2D eigenvalue weighted by Gasteiger charge is 2.57. The molecule has 0 radical (unpaired) electrons. The zero-order valence-corrected chi connectivity index (χ0v) is 18.6. The minimum atomic E-state index is -1.89. The van der Waals surface area contributed by atoms with Gasteiger partial charge >= 0.3 is 0 Å². The Morgan fingerprint density at radius 1 is 1.32 bits per heavy atom. The number of amides is 1. The van der Waals surface area contributed by atoms with Crippen molar-refractivity contribution in [2.45, 2.75) is 70.0 Å². The second kappa shape index (κ2) is 7.61. The summed E-state index contributed by atoms with van der Waals surface area (Å²) in [4.78, 5) is 14.9. The molecule has 2 aliphatic rings. The second-order valence-corrected chi connectivity index (χ2v) is 14.2. The number of likely N-dealkylation sites (tertiary alicyclic amines) is 1. The van der Waals surface area contributed by atoms with Crippen LogP contribution in [0.3, 0.4) is 0 Å². The van der Waals surface area contributed by atoms with Crippen molar-refractivity contribution in [1.82, 2.24) is 4.90 Å². The monoisotopic (exact) mass is 404 g/mol. The Hall–Kier alpha value is -1.70. The zero-order valence-electron chi connectivity index (χ0n) is 17.6. The highest BCUT2D eigenvalue weighted by molar-refractivity contribution is 6.74. The predicted molar refractivity (Wildman–Crippen MR) is 111 cm³/mol. The molecule has 0 aliphatic carbocycles. The molecular formula is C21H32N2O4Si. The predicted octanol–water partition coefficient (Wildman–Crippen LogP) is 3.80. The van der Waals surface area contributed by atoms with Gasteiger partial charge in [-0.05, 0) is 36.5 Å². The molecule has 1 spiro atoms. The first kappa shape index (κ1) is 21.0. The van der Waals surface area contributed by atoms with Crippen LogP contribution in [0, 0.1) is 0 Å². The molecular weight excluding hydrogens is 372 g/mol. The van der Waals surface area contributed by atoms with Crippen LogP contribution < -0.4 is 0 Å². The van der Waals surface area contributed by atoms with E-state index in [1.807, 2.05) is 30.3 Å². The Bertz CT molecular complexity index is 745. The van der Waals surface area contributed by atoms with Crippen molar-refractivity contribution in [2.24, 2.45) is 5.16 Å². The number of ether oxygens (including phenoxy) is 1. The fourth-order valence-electron chi connectivity index (χ4n) is 3.57. The minimum absolute atomic E-state index is 0.112. The van der Waals surface area contributed by atoms with E-state index in [1.165, 1.54) is 0 Å². The molecule has 2 saturated heterocycles. The molecule has 2 fully saturated rings. The van der Waals surface area contributed by atoms with Crippen molar-refractivity contribution >= 4 is 19.9 Å². The van der Waals surface area contributed by atoms with E-state index in [4.69, 9.17) is 9.16 Å². The molecule has 2 atom stereocenters. The first-order valence-electron chi connectivity index (χ1n) is 9.95. The minimum Gasteiger partial charge on any atom is -0.414 e. The third-order valence-electron chi connectivity index (χ3n) is 6.40. The molecule has 28 heavy (non-hydrogen) atoms. The lowest BCUT2D eigenvalue weighted by Crippen LogP contribution is -2.46. The lowest BCUT2D eigenvalue weighted by atomic mass is 9.96. The van der Waals surface area contributed by atoms with E-state index in [0.717, 1.165) is 12.0 Å². The van der Waals surface area contributed by atoms with Gasteiger partial charge in [-0.15, -0.1) is 0 Å². The standard InChI is InChI=1S/C21H32N2O4Si/c1-20(2,3)28(4,5)26-15-17-11-12-21(27-17)18(22-25)14-23(19(21)24)13-16-9-7-6-8-10-16/h6-10,17,25H,11-15H2,1-5H3/b22-18+/t17-,21+/m0/s1. The van der Waals surface area contributed by atoms with Gasteiger partial charge in [-0.2, -0.15) is 0 Å². The van der Waals surface area contributed by atoms with Gasteiger partial charge in [0.05, 0.1) is 19.3 Å². The Labute approximate surface area is 168 Å². The first-order valence-corrected chi connectivity index (χ1v) is 12.9. The number of hydrogen-bond acceptors (Lipinski definition) is 5. The summed E-state index contributed by atoms with van der Waals surface area (Å²) in [5, 5.41) is 13.1. The Morgan fingerprint density at radius 2 is 2.00 bits per heavy atom. The average molecular weight is 405 g/mol. The average Bonchev–Trinajstić information content (AvgIpc) is 3.18. The van der Waals surface area contributed by atoms with E-state index >= 15 is 0 Å². The summed E-state index contributed by atoms with van der Waals surface area (Å²) in [6.07, 6.45) is 1.09. The fraction of sp³-hybridized carbons (Fsp3) is 0.619. The lowest BCUT2D eigenvalue weighted by molar-refractivity contribution is -0.145. The van der Waals surface area contributed by atoms with Gasteiger partial charge in [-0.3, -0.25) is 4.79 Å². The molecule has 1 aromatic rings. The van der Waals surface area contributed by atoms with Gasteiger partial charge in [0.2, 0.25) is 0 Å². The number of rotatable bonds is 5. The van der Waals surface area contributed by atoms with Gasteiger partial charge in [0.1, 0.15) is 5.71 Å². The summed E-state index contributed by atoms with van der Waals surface area (Å²) >= 11 is 0. The van der Waals surface area contributed by atoms with Crippen LogP contribution in [0.1, 0.15) is 39.2 Å². The Kier molecular flexibility index (Phi) is 5.71. The molecule has 0 aromatic heterocycles. The van der Waals surface area contributed by atoms with E-state index in [2.05, 4.69) is 39.0 Å². The molecule has 1 aromatic carbocycles. The summed E-state index contributed by atoms with van der Waals surface area (Å²) in [6.45, 7) is 12.3. The van der Waals surface area contributed by atoms with E-state index in [0.29, 0.717) is 31.8 Å². The summed E-state index contributed by atoms with van der Waals surface area (Å²) in [5.74, 6) is -0.112. The van der Waals surface area contributed by atoms with E-state index in [9.17, 15) is 10.0 Å². The normalized spacial score (nSPS) is 27.3. The second-order valence-electron chi connectivity index (χ2n) is 9.37. The lowest BCUT2D eigenvalue weighted by Gasteiger charge is -2.37. The molecule has 6 nitrogen and oxygen atoms in total. The molecule has 1 amide bonds. The quantitative estimate of drug-likeness (QED) is 0.460. The van der Waals surface area contributed by atoms with Crippen LogP contribution in [0.5, 0.6) is 0 Å². The SMILES string of the molecule is CC(C)(C)[Si](C)(C)OC[C@@H]1CC[C@]2(O1)C(=O)N(Cc1ccccc1)C/C2=N\O. The summed E-state index contributed by atoms with van der Waals surface area (Å²) < 4.78 is 12.5. The van der Waals surface area contributed by atoms with Gasteiger partial charge in [-0.25, -0.2) is 0 Å². The van der Waals surface area contributed by atoms with Crippen molar-refractivity contribution in [3.8, 4) is 0 Å².